The fourth-order valence-corrected chi connectivity index (χ4v) is 3.99. The summed E-state index contributed by atoms with van der Waals surface area (Å²) in [5.41, 5.74) is 0. The molecule has 4 nitrogen and oxygen atoms in total. The molecule has 0 heterocycles. The number of alkyl halides is 15. The van der Waals surface area contributed by atoms with Gasteiger partial charge in [0.25, 0.3) is 5.92 Å². The number of rotatable bonds is 14. The van der Waals surface area contributed by atoms with E-state index in [1.165, 1.54) is 0 Å². The topological polar surface area (TPSA) is 41.8 Å². The van der Waals surface area contributed by atoms with E-state index >= 15 is 0 Å². The van der Waals surface area contributed by atoms with Gasteiger partial charge in [-0.2, -0.15) is 57.1 Å². The fourth-order valence-electron chi connectivity index (χ4n) is 2.28. The Kier molecular flexibility index (Phi) is 9.87. The molecule has 0 atom stereocenters. The fraction of sp³-hybridized carbons (Fsp3) is 1.00. The largest absolute Gasteiger partial charge is 0.657 e. The third-order valence-electron chi connectivity index (χ3n) is 4.44. The molecule has 0 aliphatic carbocycles. The Morgan fingerprint density at radius 1 is 0.559 bits per heavy atom. The lowest BCUT2D eigenvalue weighted by atomic mass is 9.91. The summed E-state index contributed by atoms with van der Waals surface area (Å²) in [6.45, 7) is -3.57. The molecule has 0 bridgehead atoms. The molecule has 0 saturated carbocycles. The molecule has 0 saturated heterocycles. The van der Waals surface area contributed by atoms with Gasteiger partial charge in [0.1, 0.15) is 0 Å². The monoisotopic (exact) mass is 560 g/mol. The predicted molar refractivity (Wildman–Crippen MR) is 85.0 cm³/mol. The van der Waals surface area contributed by atoms with Gasteiger partial charge in [0.05, 0.1) is 0 Å². The van der Waals surface area contributed by atoms with Crippen molar-refractivity contribution in [1.29, 1.82) is 0 Å². The van der Waals surface area contributed by atoms with E-state index in [4.69, 9.17) is 13.3 Å². The lowest BCUT2D eigenvalue weighted by molar-refractivity contribution is -0.451. The van der Waals surface area contributed by atoms with Crippen molar-refractivity contribution in [2.24, 2.45) is 0 Å². The summed E-state index contributed by atoms with van der Waals surface area (Å²) in [6, 6.07) is -0.199. The Labute approximate surface area is 183 Å². The van der Waals surface area contributed by atoms with Crippen molar-refractivity contribution in [2.45, 2.75) is 54.2 Å². The molecule has 0 amide bonds. The van der Waals surface area contributed by atoms with Crippen LogP contribution in [0.5, 0.6) is 0 Å². The summed E-state index contributed by atoms with van der Waals surface area (Å²) in [4.78, 5) is 0. The molecule has 0 aliphatic rings. The van der Waals surface area contributed by atoms with Gasteiger partial charge in [-0.3, -0.25) is 0 Å². The average molecular weight is 560 g/mol. The SMILES string of the molecule is CO[Si](CCC[N-]CC(F)(F)C(F)(F)C(F)(F)C(F)(F)C(F)(F)C(F)(F)C(F)(F)F)(OC)OC. The van der Waals surface area contributed by atoms with Crippen LogP contribution in [0.15, 0.2) is 0 Å². The summed E-state index contributed by atoms with van der Waals surface area (Å²) < 4.78 is 211. The summed E-state index contributed by atoms with van der Waals surface area (Å²) in [5, 5.41) is 2.69. The first-order chi connectivity index (χ1) is 14.9. The maximum absolute atomic E-state index is 13.6. The molecule has 0 aromatic carbocycles. The molecule has 0 unspecified atom stereocenters. The summed E-state index contributed by atoms with van der Waals surface area (Å²) >= 11 is 0. The minimum atomic E-state index is -8.30. The molecule has 0 fully saturated rings. The van der Waals surface area contributed by atoms with Crippen LogP contribution < -0.4 is 0 Å². The Balaban J connectivity index is 5.72. The van der Waals surface area contributed by atoms with Gasteiger partial charge in [-0.05, 0) is 0 Å². The third kappa shape index (κ3) is 5.38. The van der Waals surface area contributed by atoms with Gasteiger partial charge in [0.15, 0.2) is 0 Å². The van der Waals surface area contributed by atoms with E-state index in [0.29, 0.717) is 0 Å². The molecule has 206 valence electrons. The Bertz CT molecular complexity index is 659. The van der Waals surface area contributed by atoms with Crippen molar-refractivity contribution in [1.82, 2.24) is 0 Å². The van der Waals surface area contributed by atoms with Gasteiger partial charge in [-0.25, -0.2) is 8.78 Å². The second-order valence-corrected chi connectivity index (χ2v) is 9.67. The number of nitrogens with zero attached hydrogens (tertiary/aromatic N) is 1. The summed E-state index contributed by atoms with van der Waals surface area (Å²) in [6.07, 6.45) is -7.97. The molecule has 34 heavy (non-hydrogen) atoms. The number of hydrogen-bond acceptors (Lipinski definition) is 3. The molecule has 0 N–H and O–H groups in total. The van der Waals surface area contributed by atoms with Crippen molar-refractivity contribution in [3.8, 4) is 0 Å². The van der Waals surface area contributed by atoms with E-state index in [2.05, 4.69) is 5.32 Å². The Morgan fingerprint density at radius 2 is 0.912 bits per heavy atom. The van der Waals surface area contributed by atoms with Gasteiger partial charge >= 0.3 is 44.6 Å². The van der Waals surface area contributed by atoms with Gasteiger partial charge in [-0.1, -0.05) is 13.0 Å². The van der Waals surface area contributed by atoms with Gasteiger partial charge in [-0.15, -0.1) is 6.54 Å². The van der Waals surface area contributed by atoms with E-state index < -0.39 is 63.6 Å². The highest BCUT2D eigenvalue weighted by molar-refractivity contribution is 6.60. The van der Waals surface area contributed by atoms with Crippen LogP contribution in [0.25, 0.3) is 5.32 Å². The molecular formula is C14H17F15NO3Si-. The van der Waals surface area contributed by atoms with Gasteiger partial charge in [0, 0.05) is 27.4 Å². The second-order valence-electron chi connectivity index (χ2n) is 6.58. The minimum absolute atomic E-state index is 0.199. The van der Waals surface area contributed by atoms with Crippen LogP contribution in [0.3, 0.4) is 0 Å². The molecule has 0 radical (unpaired) electrons. The third-order valence-corrected chi connectivity index (χ3v) is 7.27. The summed E-state index contributed by atoms with van der Waals surface area (Å²) in [5.74, 6) is -46.6. The zero-order valence-corrected chi connectivity index (χ0v) is 18.2. The van der Waals surface area contributed by atoms with Crippen molar-refractivity contribution in [2.75, 3.05) is 34.4 Å². The van der Waals surface area contributed by atoms with Gasteiger partial charge < -0.3 is 18.6 Å². The maximum atomic E-state index is 13.6. The number of hydrogen-bond donors (Lipinski definition) is 0. The Hall–Kier alpha value is -0.993. The highest BCUT2D eigenvalue weighted by atomic mass is 28.4. The smallest absolute Gasteiger partial charge is 0.500 e. The van der Waals surface area contributed by atoms with E-state index in [1.807, 2.05) is 0 Å². The standard InChI is InChI=1S/C14H17F15NO3Si/c1-31-34(32-2,33-3)6-4-5-30-7-8(15,16)9(17,18)10(19,20)11(21,22)12(23,24)13(25,26)14(27,28)29/h4-7H2,1-3H3/q-1. The maximum Gasteiger partial charge on any atom is 0.500 e. The summed E-state index contributed by atoms with van der Waals surface area (Å²) in [7, 11) is 0.0292. The first-order valence-corrected chi connectivity index (χ1v) is 10.4. The quantitative estimate of drug-likeness (QED) is 0.149. The van der Waals surface area contributed by atoms with Crippen LogP contribution in [0.4, 0.5) is 65.9 Å². The van der Waals surface area contributed by atoms with Crippen LogP contribution in [0, 0.1) is 0 Å². The molecule has 0 rings (SSSR count). The normalized spacial score (nSPS) is 15.7. The van der Waals surface area contributed by atoms with E-state index in [0.717, 1.165) is 21.3 Å². The van der Waals surface area contributed by atoms with Crippen molar-refractivity contribution < 1.29 is 79.1 Å². The van der Waals surface area contributed by atoms with Crippen molar-refractivity contribution in [3.05, 3.63) is 5.32 Å². The zero-order valence-electron chi connectivity index (χ0n) is 17.2. The van der Waals surface area contributed by atoms with Crippen LogP contribution in [-0.2, 0) is 13.3 Å². The van der Waals surface area contributed by atoms with E-state index in [-0.39, 0.29) is 12.5 Å². The molecular weight excluding hydrogens is 543 g/mol. The predicted octanol–water partition coefficient (Wildman–Crippen LogP) is 6.00. The van der Waals surface area contributed by atoms with Crippen LogP contribution in [-0.4, -0.2) is 84.9 Å². The molecule has 0 aromatic heterocycles. The van der Waals surface area contributed by atoms with Crippen molar-refractivity contribution >= 4 is 8.80 Å². The van der Waals surface area contributed by atoms with Gasteiger partial charge in [0.2, 0.25) is 0 Å². The van der Waals surface area contributed by atoms with E-state index in [1.54, 1.807) is 0 Å². The highest BCUT2D eigenvalue weighted by Crippen LogP contribution is 2.62. The number of halogens is 15. The van der Waals surface area contributed by atoms with Crippen molar-refractivity contribution in [3.63, 3.8) is 0 Å². The van der Waals surface area contributed by atoms with Crippen LogP contribution in [0.2, 0.25) is 6.04 Å². The van der Waals surface area contributed by atoms with E-state index in [9.17, 15) is 65.9 Å². The zero-order chi connectivity index (χ0) is 27.7. The lowest BCUT2D eigenvalue weighted by Gasteiger charge is -2.42. The van der Waals surface area contributed by atoms with Crippen LogP contribution >= 0.6 is 0 Å². The first-order valence-electron chi connectivity index (χ1n) is 8.51. The first kappa shape index (κ1) is 33.0. The molecule has 0 aromatic rings. The second kappa shape index (κ2) is 10.2. The molecule has 20 heteroatoms. The molecule has 0 spiro atoms. The highest BCUT2D eigenvalue weighted by Gasteiger charge is 2.92. The van der Waals surface area contributed by atoms with Crippen LogP contribution in [0.1, 0.15) is 6.42 Å². The Morgan fingerprint density at radius 3 is 1.26 bits per heavy atom. The molecule has 0 aliphatic heterocycles. The minimum Gasteiger partial charge on any atom is -0.657 e. The lowest BCUT2D eigenvalue weighted by Crippen LogP contribution is -2.72. The average Bonchev–Trinajstić information content (AvgIpc) is 2.69.